The van der Waals surface area contributed by atoms with Crippen LogP contribution >= 0.6 is 11.8 Å². The van der Waals surface area contributed by atoms with Crippen molar-refractivity contribution in [3.63, 3.8) is 0 Å². The van der Waals surface area contributed by atoms with Crippen LogP contribution in [0.25, 0.3) is 0 Å². The summed E-state index contributed by atoms with van der Waals surface area (Å²) in [5, 5.41) is 7.50. The molecule has 1 aromatic carbocycles. The molecule has 70 valence electrons. The van der Waals surface area contributed by atoms with E-state index < -0.39 is 0 Å². The van der Waals surface area contributed by atoms with Gasteiger partial charge < -0.3 is 0 Å². The van der Waals surface area contributed by atoms with Gasteiger partial charge in [0.05, 0.1) is 5.69 Å². The van der Waals surface area contributed by atoms with Crippen LogP contribution in [0.1, 0.15) is 0 Å². The molecule has 3 rings (SSSR count). The lowest BCUT2D eigenvalue weighted by molar-refractivity contribution is 0.255. The minimum absolute atomic E-state index is 0.0950. The molecule has 0 radical (unpaired) electrons. The summed E-state index contributed by atoms with van der Waals surface area (Å²) in [5.74, 6) is 0.798. The van der Waals surface area contributed by atoms with Crippen molar-refractivity contribution in [2.24, 2.45) is 10.2 Å². The van der Waals surface area contributed by atoms with Crippen molar-refractivity contribution >= 4 is 23.5 Å². The van der Waals surface area contributed by atoms with E-state index in [-0.39, 0.29) is 12.2 Å². The highest BCUT2D eigenvalue weighted by Gasteiger charge is 2.35. The van der Waals surface area contributed by atoms with Crippen molar-refractivity contribution in [1.29, 1.82) is 0 Å². The molecule has 0 spiro atoms. The van der Waals surface area contributed by atoms with E-state index in [2.05, 4.69) is 10.2 Å². The fraction of sp³-hybridized carbons (Fsp3) is 0.222. The van der Waals surface area contributed by atoms with Crippen LogP contribution in [0, 0.1) is 0 Å². The van der Waals surface area contributed by atoms with Gasteiger partial charge in [-0.2, -0.15) is 5.11 Å². The highest BCUT2D eigenvalue weighted by Crippen LogP contribution is 2.39. The molecule has 1 atom stereocenters. The van der Waals surface area contributed by atoms with Crippen LogP contribution in [-0.4, -0.2) is 17.9 Å². The van der Waals surface area contributed by atoms with Crippen LogP contribution in [0.15, 0.2) is 39.4 Å². The lowest BCUT2D eigenvalue weighted by Crippen LogP contribution is -2.37. The van der Waals surface area contributed by atoms with Crippen molar-refractivity contribution in [2.45, 2.75) is 11.1 Å². The van der Waals surface area contributed by atoms with Crippen molar-refractivity contribution in [1.82, 2.24) is 0 Å². The summed E-state index contributed by atoms with van der Waals surface area (Å²) >= 11 is 1.72. The van der Waals surface area contributed by atoms with Gasteiger partial charge in [-0.1, -0.05) is 17.2 Å². The zero-order valence-corrected chi connectivity index (χ0v) is 8.07. The first kappa shape index (κ1) is 7.99. The zero-order valence-electron chi connectivity index (χ0n) is 7.25. The zero-order chi connectivity index (χ0) is 9.54. The van der Waals surface area contributed by atoms with E-state index in [1.54, 1.807) is 16.7 Å². The van der Waals surface area contributed by atoms with Crippen molar-refractivity contribution in [3.8, 4) is 0 Å². The van der Waals surface area contributed by atoms with Gasteiger partial charge in [-0.15, -0.1) is 11.8 Å². The standard InChI is InChI=1S/C9H7N3OS/c13-9-11-10-8-5-14-7-4-2-1-3-6(7)12(8)9/h1-4,8H,5H2. The number of nitrogens with zero attached hydrogens (tertiary/aromatic N) is 3. The Bertz CT molecular complexity index is 432. The third-order valence-corrected chi connectivity index (χ3v) is 3.41. The second-order valence-electron chi connectivity index (χ2n) is 3.13. The largest absolute Gasteiger partial charge is 0.368 e. The Labute approximate surface area is 85.0 Å². The molecule has 1 unspecified atom stereocenters. The molecule has 0 aliphatic carbocycles. The molecule has 0 fully saturated rings. The second kappa shape index (κ2) is 2.81. The molecule has 0 saturated heterocycles. The van der Waals surface area contributed by atoms with Crippen LogP contribution in [0.3, 0.4) is 0 Å². The molecule has 2 heterocycles. The summed E-state index contributed by atoms with van der Waals surface area (Å²) in [7, 11) is 0. The Hall–Kier alpha value is -1.36. The number of para-hydroxylation sites is 1. The Kier molecular flexibility index (Phi) is 1.61. The number of benzene rings is 1. The summed E-state index contributed by atoms with van der Waals surface area (Å²) < 4.78 is 0. The van der Waals surface area contributed by atoms with Crippen LogP contribution in [-0.2, 0) is 0 Å². The molecule has 0 N–H and O–H groups in total. The number of amides is 2. The molecule has 2 aliphatic rings. The van der Waals surface area contributed by atoms with Crippen LogP contribution < -0.4 is 4.90 Å². The number of urea groups is 1. The number of thioether (sulfide) groups is 1. The van der Waals surface area contributed by atoms with Gasteiger partial charge in [0.1, 0.15) is 0 Å². The second-order valence-corrected chi connectivity index (χ2v) is 4.19. The Morgan fingerprint density at radius 3 is 3.21 bits per heavy atom. The predicted octanol–water partition coefficient (Wildman–Crippen LogP) is 2.51. The Morgan fingerprint density at radius 1 is 1.43 bits per heavy atom. The fourth-order valence-corrected chi connectivity index (χ4v) is 2.69. The maximum Gasteiger partial charge on any atom is 0.368 e. The molecule has 1 aromatic rings. The number of fused-ring (bicyclic) bond motifs is 3. The summed E-state index contributed by atoms with van der Waals surface area (Å²) in [6, 6.07) is 7.60. The summed E-state index contributed by atoms with van der Waals surface area (Å²) in [6.45, 7) is 0. The quantitative estimate of drug-likeness (QED) is 0.653. The van der Waals surface area contributed by atoms with E-state index in [9.17, 15) is 4.79 Å². The molecular weight excluding hydrogens is 198 g/mol. The van der Waals surface area contributed by atoms with Gasteiger partial charge in [0.25, 0.3) is 0 Å². The van der Waals surface area contributed by atoms with Crippen LogP contribution in [0.4, 0.5) is 10.5 Å². The number of carbonyl (C=O) groups excluding carboxylic acids is 1. The first-order valence-electron chi connectivity index (χ1n) is 4.32. The summed E-state index contributed by atoms with van der Waals surface area (Å²) in [4.78, 5) is 14.2. The third-order valence-electron chi connectivity index (χ3n) is 2.29. The lowest BCUT2D eigenvalue weighted by atomic mass is 10.3. The van der Waals surface area contributed by atoms with Crippen molar-refractivity contribution in [2.75, 3.05) is 10.7 Å². The molecule has 0 aromatic heterocycles. The van der Waals surface area contributed by atoms with Gasteiger partial charge in [-0.3, -0.25) is 4.90 Å². The summed E-state index contributed by atoms with van der Waals surface area (Å²) in [6.07, 6.45) is -0.0950. The number of anilines is 1. The average molecular weight is 205 g/mol. The van der Waals surface area contributed by atoms with E-state index >= 15 is 0 Å². The predicted molar refractivity (Wildman–Crippen MR) is 53.7 cm³/mol. The first-order chi connectivity index (χ1) is 6.86. The van der Waals surface area contributed by atoms with E-state index in [1.807, 2.05) is 24.3 Å². The fourth-order valence-electron chi connectivity index (χ4n) is 1.66. The lowest BCUT2D eigenvalue weighted by Gasteiger charge is -2.27. The number of carbonyl (C=O) groups is 1. The molecule has 4 nitrogen and oxygen atoms in total. The maximum absolute atomic E-state index is 11.4. The van der Waals surface area contributed by atoms with Gasteiger partial charge in [0.15, 0.2) is 6.17 Å². The topological polar surface area (TPSA) is 45.0 Å². The molecule has 2 amide bonds. The van der Waals surface area contributed by atoms with Gasteiger partial charge in [0, 0.05) is 10.6 Å². The number of hydrogen-bond donors (Lipinski definition) is 0. The Morgan fingerprint density at radius 2 is 2.29 bits per heavy atom. The van der Waals surface area contributed by atoms with E-state index in [0.29, 0.717) is 0 Å². The van der Waals surface area contributed by atoms with E-state index in [4.69, 9.17) is 0 Å². The van der Waals surface area contributed by atoms with Crippen molar-refractivity contribution in [3.05, 3.63) is 24.3 Å². The average Bonchev–Trinajstić information content (AvgIpc) is 2.61. The molecule has 0 bridgehead atoms. The first-order valence-corrected chi connectivity index (χ1v) is 5.31. The van der Waals surface area contributed by atoms with E-state index in [1.165, 1.54) is 0 Å². The van der Waals surface area contributed by atoms with Crippen molar-refractivity contribution < 1.29 is 4.79 Å². The molecule has 14 heavy (non-hydrogen) atoms. The number of azo groups is 1. The van der Waals surface area contributed by atoms with Gasteiger partial charge in [-0.05, 0) is 12.1 Å². The smallest absolute Gasteiger partial charge is 0.265 e. The molecular formula is C9H7N3OS. The normalized spacial score (nSPS) is 23.6. The van der Waals surface area contributed by atoms with Gasteiger partial charge in [-0.25, -0.2) is 4.79 Å². The molecule has 2 aliphatic heterocycles. The minimum Gasteiger partial charge on any atom is -0.265 e. The third kappa shape index (κ3) is 0.988. The highest BCUT2D eigenvalue weighted by atomic mass is 32.2. The van der Waals surface area contributed by atoms with E-state index in [0.717, 1.165) is 16.3 Å². The van der Waals surface area contributed by atoms with Gasteiger partial charge in [0.2, 0.25) is 0 Å². The maximum atomic E-state index is 11.4. The Balaban J connectivity index is 2.13. The summed E-state index contributed by atoms with van der Waals surface area (Å²) in [5.41, 5.74) is 0.934. The van der Waals surface area contributed by atoms with Crippen LogP contribution in [0.5, 0.6) is 0 Å². The monoisotopic (exact) mass is 205 g/mol. The number of hydrogen-bond acceptors (Lipinski definition) is 3. The highest BCUT2D eigenvalue weighted by molar-refractivity contribution is 7.99. The molecule has 5 heteroatoms. The SMILES string of the molecule is O=C1N=NC2CSc3ccccc3N12. The molecule has 0 saturated carbocycles. The van der Waals surface area contributed by atoms with Crippen LogP contribution in [0.2, 0.25) is 0 Å². The van der Waals surface area contributed by atoms with Gasteiger partial charge >= 0.3 is 6.03 Å². The minimum atomic E-state index is -0.247. The number of rotatable bonds is 0.